The molecular weight excluding hydrogens is 184 g/mol. The van der Waals surface area contributed by atoms with Crippen LogP contribution in [0.25, 0.3) is 10.6 Å². The molecule has 13 heavy (non-hydrogen) atoms. The standard InChI is InChI=1S/C9H10N2OS/c1-11-9(7(6-12)5-10-11)8-3-2-4-13-8/h2-5,12H,6H2,1H3. The molecule has 0 amide bonds. The third kappa shape index (κ3) is 1.38. The van der Waals surface area contributed by atoms with E-state index in [1.165, 1.54) is 0 Å². The average molecular weight is 194 g/mol. The Morgan fingerprint density at radius 1 is 1.62 bits per heavy atom. The number of aryl methyl sites for hydroxylation is 1. The van der Waals surface area contributed by atoms with E-state index < -0.39 is 0 Å². The Balaban J connectivity index is 2.55. The van der Waals surface area contributed by atoms with Gasteiger partial charge in [-0.3, -0.25) is 4.68 Å². The van der Waals surface area contributed by atoms with E-state index in [0.29, 0.717) is 0 Å². The van der Waals surface area contributed by atoms with Crippen molar-refractivity contribution >= 4 is 11.3 Å². The van der Waals surface area contributed by atoms with Crippen LogP contribution in [0.15, 0.2) is 23.7 Å². The van der Waals surface area contributed by atoms with Crippen molar-refractivity contribution in [1.82, 2.24) is 9.78 Å². The Hall–Kier alpha value is -1.13. The highest BCUT2D eigenvalue weighted by molar-refractivity contribution is 7.13. The lowest BCUT2D eigenvalue weighted by atomic mass is 10.2. The number of aliphatic hydroxyl groups is 1. The fourth-order valence-electron chi connectivity index (χ4n) is 1.33. The Bertz CT molecular complexity index is 392. The molecule has 0 fully saturated rings. The van der Waals surface area contributed by atoms with E-state index in [0.717, 1.165) is 16.1 Å². The Morgan fingerprint density at radius 2 is 2.46 bits per heavy atom. The van der Waals surface area contributed by atoms with Gasteiger partial charge in [-0.25, -0.2) is 0 Å². The van der Waals surface area contributed by atoms with Crippen LogP contribution in [-0.4, -0.2) is 14.9 Å². The first-order valence-corrected chi connectivity index (χ1v) is 4.86. The minimum atomic E-state index is 0.0427. The zero-order valence-corrected chi connectivity index (χ0v) is 8.08. The van der Waals surface area contributed by atoms with Gasteiger partial charge in [0.05, 0.1) is 23.4 Å². The van der Waals surface area contributed by atoms with E-state index in [1.807, 2.05) is 24.6 Å². The van der Waals surface area contributed by atoms with Gasteiger partial charge in [-0.15, -0.1) is 11.3 Å². The summed E-state index contributed by atoms with van der Waals surface area (Å²) >= 11 is 1.65. The molecule has 2 rings (SSSR count). The molecule has 0 aromatic carbocycles. The fraction of sp³-hybridized carbons (Fsp3) is 0.222. The zero-order valence-electron chi connectivity index (χ0n) is 7.27. The third-order valence-corrected chi connectivity index (χ3v) is 2.82. The fourth-order valence-corrected chi connectivity index (χ4v) is 2.17. The number of nitrogens with zero attached hydrogens (tertiary/aromatic N) is 2. The molecule has 0 spiro atoms. The van der Waals surface area contributed by atoms with Crippen LogP contribution in [-0.2, 0) is 13.7 Å². The first-order chi connectivity index (χ1) is 6.33. The summed E-state index contributed by atoms with van der Waals surface area (Å²) in [5.74, 6) is 0. The van der Waals surface area contributed by atoms with Crippen molar-refractivity contribution in [3.63, 3.8) is 0 Å². The van der Waals surface area contributed by atoms with Crippen LogP contribution in [0.2, 0.25) is 0 Å². The van der Waals surface area contributed by atoms with Crippen LogP contribution in [0.5, 0.6) is 0 Å². The topological polar surface area (TPSA) is 38.0 Å². The lowest BCUT2D eigenvalue weighted by Gasteiger charge is -2.00. The molecule has 1 N–H and O–H groups in total. The predicted molar refractivity (Wildman–Crippen MR) is 52.4 cm³/mol. The number of rotatable bonds is 2. The summed E-state index contributed by atoms with van der Waals surface area (Å²) in [6.45, 7) is 0.0427. The SMILES string of the molecule is Cn1ncc(CO)c1-c1cccs1. The quantitative estimate of drug-likeness (QED) is 0.789. The van der Waals surface area contributed by atoms with Gasteiger partial charge < -0.3 is 5.11 Å². The highest BCUT2D eigenvalue weighted by Crippen LogP contribution is 2.27. The highest BCUT2D eigenvalue weighted by atomic mass is 32.1. The molecule has 2 heterocycles. The van der Waals surface area contributed by atoms with Gasteiger partial charge in [0.2, 0.25) is 0 Å². The second-order valence-corrected chi connectivity index (χ2v) is 3.73. The lowest BCUT2D eigenvalue weighted by molar-refractivity contribution is 0.282. The van der Waals surface area contributed by atoms with E-state index in [9.17, 15) is 0 Å². The summed E-state index contributed by atoms with van der Waals surface area (Å²) in [6.07, 6.45) is 1.70. The highest BCUT2D eigenvalue weighted by Gasteiger charge is 2.09. The van der Waals surface area contributed by atoms with Gasteiger partial charge in [-0.1, -0.05) is 6.07 Å². The van der Waals surface area contributed by atoms with Gasteiger partial charge in [-0.2, -0.15) is 5.10 Å². The summed E-state index contributed by atoms with van der Waals surface area (Å²) < 4.78 is 1.79. The van der Waals surface area contributed by atoms with Gasteiger partial charge in [0.15, 0.2) is 0 Å². The van der Waals surface area contributed by atoms with Crippen LogP contribution in [0.4, 0.5) is 0 Å². The molecule has 0 unspecified atom stereocenters. The molecule has 68 valence electrons. The second kappa shape index (κ2) is 3.32. The van der Waals surface area contributed by atoms with Crippen LogP contribution < -0.4 is 0 Å². The van der Waals surface area contributed by atoms with Crippen LogP contribution in [0.1, 0.15) is 5.56 Å². The van der Waals surface area contributed by atoms with Crippen molar-refractivity contribution in [3.8, 4) is 10.6 Å². The molecule has 0 aliphatic carbocycles. The Kier molecular flexibility index (Phi) is 2.16. The molecule has 0 saturated carbocycles. The van der Waals surface area contributed by atoms with Crippen molar-refractivity contribution in [1.29, 1.82) is 0 Å². The smallest absolute Gasteiger partial charge is 0.0833 e. The predicted octanol–water partition coefficient (Wildman–Crippen LogP) is 1.64. The van der Waals surface area contributed by atoms with Crippen molar-refractivity contribution in [2.24, 2.45) is 7.05 Å². The monoisotopic (exact) mass is 194 g/mol. The summed E-state index contributed by atoms with van der Waals surface area (Å²) in [5, 5.41) is 15.2. The molecule has 4 heteroatoms. The minimum absolute atomic E-state index is 0.0427. The van der Waals surface area contributed by atoms with Crippen molar-refractivity contribution in [2.75, 3.05) is 0 Å². The van der Waals surface area contributed by atoms with E-state index >= 15 is 0 Å². The number of hydrogen-bond acceptors (Lipinski definition) is 3. The van der Waals surface area contributed by atoms with E-state index in [1.54, 1.807) is 22.2 Å². The van der Waals surface area contributed by atoms with Gasteiger partial charge in [0.1, 0.15) is 0 Å². The molecule has 0 aliphatic rings. The van der Waals surface area contributed by atoms with E-state index in [-0.39, 0.29) is 6.61 Å². The number of thiophene rings is 1. The third-order valence-electron chi connectivity index (χ3n) is 1.94. The molecule has 0 bridgehead atoms. The summed E-state index contributed by atoms with van der Waals surface area (Å²) in [4.78, 5) is 1.14. The number of aromatic nitrogens is 2. The van der Waals surface area contributed by atoms with Crippen molar-refractivity contribution in [2.45, 2.75) is 6.61 Å². The van der Waals surface area contributed by atoms with Gasteiger partial charge in [0, 0.05) is 12.6 Å². The summed E-state index contributed by atoms with van der Waals surface area (Å²) in [6, 6.07) is 4.02. The maximum atomic E-state index is 9.08. The van der Waals surface area contributed by atoms with Crippen molar-refractivity contribution in [3.05, 3.63) is 29.3 Å². The summed E-state index contributed by atoms with van der Waals surface area (Å²) in [7, 11) is 1.88. The van der Waals surface area contributed by atoms with Crippen LogP contribution >= 0.6 is 11.3 Å². The molecule has 0 aliphatic heterocycles. The maximum absolute atomic E-state index is 9.08. The normalized spacial score (nSPS) is 10.6. The lowest BCUT2D eigenvalue weighted by Crippen LogP contribution is -1.93. The van der Waals surface area contributed by atoms with Gasteiger partial charge in [0.25, 0.3) is 0 Å². The molecular formula is C9H10N2OS. The van der Waals surface area contributed by atoms with E-state index in [2.05, 4.69) is 5.10 Å². The largest absolute Gasteiger partial charge is 0.392 e. The maximum Gasteiger partial charge on any atom is 0.0833 e. The molecule has 0 saturated heterocycles. The Morgan fingerprint density at radius 3 is 3.08 bits per heavy atom. The van der Waals surface area contributed by atoms with Crippen LogP contribution in [0, 0.1) is 0 Å². The second-order valence-electron chi connectivity index (χ2n) is 2.78. The summed E-state index contributed by atoms with van der Waals surface area (Å²) in [5.41, 5.74) is 1.89. The molecule has 0 radical (unpaired) electrons. The van der Waals surface area contributed by atoms with Gasteiger partial charge >= 0.3 is 0 Å². The first kappa shape index (κ1) is 8.47. The van der Waals surface area contributed by atoms with Crippen LogP contribution in [0.3, 0.4) is 0 Å². The zero-order chi connectivity index (χ0) is 9.26. The minimum Gasteiger partial charge on any atom is -0.392 e. The average Bonchev–Trinajstić information content (AvgIpc) is 2.72. The van der Waals surface area contributed by atoms with Gasteiger partial charge in [-0.05, 0) is 11.4 Å². The first-order valence-electron chi connectivity index (χ1n) is 3.98. The molecule has 2 aromatic rings. The molecule has 0 atom stereocenters. The molecule has 2 aromatic heterocycles. The number of aliphatic hydroxyl groups excluding tert-OH is 1. The van der Waals surface area contributed by atoms with Crippen molar-refractivity contribution < 1.29 is 5.11 Å². The molecule has 3 nitrogen and oxygen atoms in total. The Labute approximate surface area is 80.3 Å². The van der Waals surface area contributed by atoms with E-state index in [4.69, 9.17) is 5.11 Å². The number of hydrogen-bond donors (Lipinski definition) is 1.